The minimum atomic E-state index is 0.436. The van der Waals surface area contributed by atoms with Crippen molar-refractivity contribution in [1.29, 1.82) is 0 Å². The van der Waals surface area contributed by atoms with Gasteiger partial charge in [-0.25, -0.2) is 4.98 Å². The minimum Gasteiger partial charge on any atom is -0.359 e. The van der Waals surface area contributed by atoms with Crippen molar-refractivity contribution in [1.82, 2.24) is 10.3 Å². The summed E-state index contributed by atoms with van der Waals surface area (Å²) in [7, 11) is 0. The van der Waals surface area contributed by atoms with Crippen LogP contribution in [-0.4, -0.2) is 16.1 Å². The molecule has 3 nitrogen and oxygen atoms in total. The minimum absolute atomic E-state index is 0.436. The highest BCUT2D eigenvalue weighted by Gasteiger charge is 2.38. The zero-order chi connectivity index (χ0) is 13.1. The Labute approximate surface area is 118 Å². The molecule has 1 aromatic heterocycles. The summed E-state index contributed by atoms with van der Waals surface area (Å²) >= 11 is 5.29. The van der Waals surface area contributed by atoms with Crippen molar-refractivity contribution in [2.24, 2.45) is 0 Å². The molecule has 2 aromatic rings. The van der Waals surface area contributed by atoms with Crippen LogP contribution in [0.15, 0.2) is 54.7 Å². The summed E-state index contributed by atoms with van der Waals surface area (Å²) in [6, 6.07) is 16.7. The molecule has 96 valence electrons. The summed E-state index contributed by atoms with van der Waals surface area (Å²) in [6.07, 6.45) is 2.88. The number of pyridine rings is 1. The molecule has 0 bridgehead atoms. The normalized spacial score (nSPS) is 20.6. The molecule has 19 heavy (non-hydrogen) atoms. The fourth-order valence-electron chi connectivity index (χ4n) is 2.18. The lowest BCUT2D eigenvalue weighted by Gasteiger charge is -2.09. The number of rotatable bonds is 3. The fourth-order valence-corrected chi connectivity index (χ4v) is 2.44. The van der Waals surface area contributed by atoms with Crippen molar-refractivity contribution in [3.05, 3.63) is 60.3 Å². The first-order chi connectivity index (χ1) is 9.33. The van der Waals surface area contributed by atoms with Crippen LogP contribution in [0.4, 0.5) is 5.82 Å². The van der Waals surface area contributed by atoms with Gasteiger partial charge < -0.3 is 10.6 Å². The van der Waals surface area contributed by atoms with Gasteiger partial charge in [0.15, 0.2) is 5.11 Å². The second-order valence-electron chi connectivity index (χ2n) is 4.67. The maximum absolute atomic E-state index is 5.29. The predicted octanol–water partition coefficient (Wildman–Crippen LogP) is 2.92. The summed E-state index contributed by atoms with van der Waals surface area (Å²) in [6.45, 7) is 0. The molecule has 1 heterocycles. The van der Waals surface area contributed by atoms with Crippen LogP contribution >= 0.6 is 12.2 Å². The van der Waals surface area contributed by atoms with Crippen LogP contribution in [-0.2, 0) is 0 Å². The average Bonchev–Trinajstić information content (AvgIpc) is 3.20. The van der Waals surface area contributed by atoms with Gasteiger partial charge in [0.1, 0.15) is 5.82 Å². The van der Waals surface area contributed by atoms with E-state index in [-0.39, 0.29) is 0 Å². The summed E-state index contributed by atoms with van der Waals surface area (Å²) in [5.41, 5.74) is 1.38. The molecule has 2 unspecified atom stereocenters. The molecule has 1 aromatic carbocycles. The molecule has 1 saturated carbocycles. The number of thiocarbonyl (C=S) groups is 1. The quantitative estimate of drug-likeness (QED) is 0.840. The zero-order valence-corrected chi connectivity index (χ0v) is 11.2. The Morgan fingerprint density at radius 1 is 1.11 bits per heavy atom. The van der Waals surface area contributed by atoms with E-state index in [1.807, 2.05) is 24.3 Å². The number of hydrogen-bond donors (Lipinski definition) is 2. The van der Waals surface area contributed by atoms with Gasteiger partial charge in [-0.3, -0.25) is 0 Å². The van der Waals surface area contributed by atoms with E-state index in [1.54, 1.807) is 6.20 Å². The Morgan fingerprint density at radius 2 is 1.89 bits per heavy atom. The molecule has 2 atom stereocenters. The highest BCUT2D eigenvalue weighted by Crippen LogP contribution is 2.40. The van der Waals surface area contributed by atoms with Gasteiger partial charge in [0.25, 0.3) is 0 Å². The fraction of sp³-hybridized carbons (Fsp3) is 0.200. The van der Waals surface area contributed by atoms with E-state index < -0.39 is 0 Å². The molecule has 4 heteroatoms. The maximum atomic E-state index is 5.29. The molecular formula is C15H15N3S. The molecule has 1 aliphatic carbocycles. The number of aromatic nitrogens is 1. The molecule has 0 saturated heterocycles. The number of nitrogens with one attached hydrogen (secondary N) is 2. The number of nitrogens with zero attached hydrogens (tertiary/aromatic N) is 1. The predicted molar refractivity (Wildman–Crippen MR) is 81.2 cm³/mol. The van der Waals surface area contributed by atoms with Crippen molar-refractivity contribution in [3.8, 4) is 0 Å². The number of benzene rings is 1. The summed E-state index contributed by atoms with van der Waals surface area (Å²) < 4.78 is 0. The van der Waals surface area contributed by atoms with Crippen molar-refractivity contribution in [2.45, 2.75) is 18.4 Å². The smallest absolute Gasteiger partial charge is 0.172 e. The summed E-state index contributed by atoms with van der Waals surface area (Å²) in [5.74, 6) is 1.35. The number of hydrogen-bond acceptors (Lipinski definition) is 2. The van der Waals surface area contributed by atoms with Gasteiger partial charge >= 0.3 is 0 Å². The molecule has 0 aliphatic heterocycles. The van der Waals surface area contributed by atoms with E-state index in [1.165, 1.54) is 5.56 Å². The first kappa shape index (κ1) is 12.1. The van der Waals surface area contributed by atoms with E-state index in [0.717, 1.165) is 12.2 Å². The van der Waals surface area contributed by atoms with Gasteiger partial charge in [-0.15, -0.1) is 0 Å². The van der Waals surface area contributed by atoms with Gasteiger partial charge in [0.05, 0.1) is 0 Å². The second kappa shape index (κ2) is 5.36. The Balaban J connectivity index is 1.52. The van der Waals surface area contributed by atoms with Gasteiger partial charge in [-0.2, -0.15) is 0 Å². The Bertz CT molecular complexity index is 556. The first-order valence-corrected chi connectivity index (χ1v) is 6.77. The van der Waals surface area contributed by atoms with Gasteiger partial charge in [-0.05, 0) is 36.3 Å². The molecule has 1 fully saturated rings. The molecule has 0 spiro atoms. The Kier molecular flexibility index (Phi) is 3.42. The zero-order valence-electron chi connectivity index (χ0n) is 10.4. The number of anilines is 1. The second-order valence-corrected chi connectivity index (χ2v) is 5.08. The van der Waals surface area contributed by atoms with Crippen LogP contribution < -0.4 is 10.6 Å². The lowest BCUT2D eigenvalue weighted by Crippen LogP contribution is -2.31. The maximum Gasteiger partial charge on any atom is 0.172 e. The lowest BCUT2D eigenvalue weighted by molar-refractivity contribution is 0.876. The van der Waals surface area contributed by atoms with Crippen LogP contribution in [0.2, 0.25) is 0 Å². The van der Waals surface area contributed by atoms with Gasteiger partial charge in [0.2, 0.25) is 0 Å². The van der Waals surface area contributed by atoms with Gasteiger partial charge in [-0.1, -0.05) is 36.4 Å². The van der Waals surface area contributed by atoms with Crippen molar-refractivity contribution < 1.29 is 0 Å². The molecule has 0 amide bonds. The largest absolute Gasteiger partial charge is 0.359 e. The third-order valence-electron chi connectivity index (χ3n) is 3.24. The highest BCUT2D eigenvalue weighted by molar-refractivity contribution is 7.80. The van der Waals surface area contributed by atoms with Crippen LogP contribution in [0, 0.1) is 0 Å². The van der Waals surface area contributed by atoms with E-state index >= 15 is 0 Å². The first-order valence-electron chi connectivity index (χ1n) is 6.36. The third kappa shape index (κ3) is 3.09. The van der Waals surface area contributed by atoms with Crippen molar-refractivity contribution in [2.75, 3.05) is 5.32 Å². The van der Waals surface area contributed by atoms with E-state index in [2.05, 4.69) is 39.9 Å². The molecule has 0 radical (unpaired) electrons. The van der Waals surface area contributed by atoms with Crippen molar-refractivity contribution >= 4 is 23.1 Å². The van der Waals surface area contributed by atoms with Crippen LogP contribution in [0.1, 0.15) is 17.9 Å². The van der Waals surface area contributed by atoms with Crippen LogP contribution in [0.25, 0.3) is 0 Å². The molecule has 1 aliphatic rings. The lowest BCUT2D eigenvalue weighted by atomic mass is 10.1. The van der Waals surface area contributed by atoms with Gasteiger partial charge in [0, 0.05) is 18.2 Å². The standard InChI is InChI=1S/C15H15N3S/c19-15(18-14-8-4-5-9-16-14)17-13-10-12(13)11-6-2-1-3-7-11/h1-9,12-13H,10H2,(H2,16,17,18,19). The van der Waals surface area contributed by atoms with E-state index in [9.17, 15) is 0 Å². The average molecular weight is 269 g/mol. The topological polar surface area (TPSA) is 37.0 Å². The Morgan fingerprint density at radius 3 is 2.63 bits per heavy atom. The SMILES string of the molecule is S=C(Nc1ccccn1)NC1CC1c1ccccc1. The third-order valence-corrected chi connectivity index (χ3v) is 3.46. The van der Waals surface area contributed by atoms with E-state index in [4.69, 9.17) is 12.2 Å². The highest BCUT2D eigenvalue weighted by atomic mass is 32.1. The molecule has 2 N–H and O–H groups in total. The molecule has 3 rings (SSSR count). The molecular weight excluding hydrogens is 254 g/mol. The van der Waals surface area contributed by atoms with E-state index in [0.29, 0.717) is 17.1 Å². The Hall–Kier alpha value is -1.94. The summed E-state index contributed by atoms with van der Waals surface area (Å²) in [4.78, 5) is 4.18. The van der Waals surface area contributed by atoms with Crippen LogP contribution in [0.3, 0.4) is 0 Å². The summed E-state index contributed by atoms with van der Waals surface area (Å²) in [5, 5.41) is 7.07. The monoisotopic (exact) mass is 269 g/mol. The van der Waals surface area contributed by atoms with Crippen molar-refractivity contribution in [3.63, 3.8) is 0 Å². The van der Waals surface area contributed by atoms with Crippen LogP contribution in [0.5, 0.6) is 0 Å².